The zero-order chi connectivity index (χ0) is 39.3. The summed E-state index contributed by atoms with van der Waals surface area (Å²) in [6.07, 6.45) is 14.5. The summed E-state index contributed by atoms with van der Waals surface area (Å²) in [5.74, 6) is 6.77. The lowest BCUT2D eigenvalue weighted by Gasteiger charge is -2.51. The molecule has 4 saturated carbocycles. The van der Waals surface area contributed by atoms with Crippen molar-refractivity contribution in [3.05, 3.63) is 113 Å². The first-order valence-electron chi connectivity index (χ1n) is 21.7. The topological polar surface area (TPSA) is 86.2 Å². The Balaban J connectivity index is 1.09. The van der Waals surface area contributed by atoms with Crippen molar-refractivity contribution in [2.45, 2.75) is 109 Å². The summed E-state index contributed by atoms with van der Waals surface area (Å²) in [7, 11) is 0. The molecule has 4 aromatic carbocycles. The summed E-state index contributed by atoms with van der Waals surface area (Å²) in [6.45, 7) is 9.74. The van der Waals surface area contributed by atoms with E-state index in [2.05, 4.69) is 88.4 Å². The first-order chi connectivity index (χ1) is 27.6. The molecule has 4 aliphatic rings. The summed E-state index contributed by atoms with van der Waals surface area (Å²) in [5, 5.41) is 19.1. The van der Waals surface area contributed by atoms with Gasteiger partial charge in [-0.2, -0.15) is 10.5 Å². The van der Waals surface area contributed by atoms with Crippen molar-refractivity contribution in [3.63, 3.8) is 0 Å². The molecule has 1 aromatic heterocycles. The van der Waals surface area contributed by atoms with Gasteiger partial charge in [-0.05, 0) is 151 Å². The van der Waals surface area contributed by atoms with Crippen molar-refractivity contribution in [1.29, 1.82) is 10.5 Å². The minimum atomic E-state index is 0.267. The molecule has 57 heavy (non-hydrogen) atoms. The summed E-state index contributed by atoms with van der Waals surface area (Å²) >= 11 is 0. The maximum atomic E-state index is 9.57. The van der Waals surface area contributed by atoms with Crippen LogP contribution < -0.4 is 0 Å². The number of hydrogen-bond acceptors (Lipinski definition) is 5. The number of nitriles is 2. The van der Waals surface area contributed by atoms with Gasteiger partial charge in [0.1, 0.15) is 0 Å². The van der Waals surface area contributed by atoms with E-state index in [1.165, 1.54) is 81.8 Å². The van der Waals surface area contributed by atoms with Gasteiger partial charge in [0, 0.05) is 16.7 Å². The van der Waals surface area contributed by atoms with Gasteiger partial charge in [0.25, 0.3) is 0 Å². The molecule has 5 aromatic rings. The van der Waals surface area contributed by atoms with Crippen molar-refractivity contribution in [2.24, 2.45) is 35.5 Å². The monoisotopic (exact) mass is 749 g/mol. The summed E-state index contributed by atoms with van der Waals surface area (Å²) in [4.78, 5) is 15.5. The third kappa shape index (κ3) is 7.32. The van der Waals surface area contributed by atoms with Gasteiger partial charge in [-0.3, -0.25) is 0 Å². The van der Waals surface area contributed by atoms with E-state index in [1.54, 1.807) is 6.07 Å². The zero-order valence-electron chi connectivity index (χ0n) is 34.1. The zero-order valence-corrected chi connectivity index (χ0v) is 34.1. The van der Waals surface area contributed by atoms with Crippen LogP contribution in [-0.2, 0) is 10.8 Å². The SMILES string of the molecule is CC[C@H]1C[C@H]2C[C@@H](C)CC(c3ccc(-c4nc(-c5ccc(-c6cc(C#N)cc(C#N)c6)cc5)nc(-c5ccc(C67CC(C)C[C@H](C[C@H](C)C6)C7)cc5)n4)cc3)(C2)C1. The average Bonchev–Trinajstić information content (AvgIpc) is 3.22. The highest BCUT2D eigenvalue weighted by molar-refractivity contribution is 5.72. The molecule has 0 N–H and O–H groups in total. The van der Waals surface area contributed by atoms with Crippen molar-refractivity contribution < 1.29 is 0 Å². The maximum absolute atomic E-state index is 9.57. The molecule has 4 aliphatic carbocycles. The number of hydrogen-bond donors (Lipinski definition) is 0. The molecule has 1 heterocycles. The van der Waals surface area contributed by atoms with E-state index in [0.717, 1.165) is 63.3 Å². The third-order valence-electron chi connectivity index (χ3n) is 14.5. The van der Waals surface area contributed by atoms with E-state index in [9.17, 15) is 10.5 Å². The molecule has 0 aliphatic heterocycles. The predicted octanol–water partition coefficient (Wildman–Crippen LogP) is 12.9. The van der Waals surface area contributed by atoms with Crippen LogP contribution in [-0.4, -0.2) is 15.0 Å². The molecular formula is C52H55N5. The van der Waals surface area contributed by atoms with Gasteiger partial charge >= 0.3 is 0 Å². The fraction of sp³-hybridized carbons (Fsp3) is 0.442. The lowest BCUT2D eigenvalue weighted by molar-refractivity contribution is 0.0702. The normalized spacial score (nSPS) is 29.2. The maximum Gasteiger partial charge on any atom is 0.164 e. The van der Waals surface area contributed by atoms with Crippen molar-refractivity contribution in [2.75, 3.05) is 0 Å². The van der Waals surface area contributed by atoms with Crippen LogP contribution in [0.5, 0.6) is 0 Å². The highest BCUT2D eigenvalue weighted by Gasteiger charge is 2.46. The molecular weight excluding hydrogens is 695 g/mol. The molecule has 5 nitrogen and oxygen atoms in total. The van der Waals surface area contributed by atoms with Crippen LogP contribution in [0.15, 0.2) is 91.0 Å². The highest BCUT2D eigenvalue weighted by atomic mass is 15.0. The minimum absolute atomic E-state index is 0.267. The lowest BCUT2D eigenvalue weighted by atomic mass is 9.54. The van der Waals surface area contributed by atoms with Gasteiger partial charge < -0.3 is 0 Å². The second-order valence-corrected chi connectivity index (χ2v) is 19.1. The number of aromatic nitrogens is 3. The van der Waals surface area contributed by atoms with Gasteiger partial charge in [-0.1, -0.05) is 107 Å². The summed E-state index contributed by atoms with van der Waals surface area (Å²) < 4.78 is 0. The van der Waals surface area contributed by atoms with Crippen molar-refractivity contribution in [1.82, 2.24) is 15.0 Å². The van der Waals surface area contributed by atoms with Gasteiger partial charge in [0.2, 0.25) is 0 Å². The van der Waals surface area contributed by atoms with E-state index >= 15 is 0 Å². The molecule has 4 bridgehead atoms. The molecule has 4 fully saturated rings. The van der Waals surface area contributed by atoms with Crippen molar-refractivity contribution >= 4 is 0 Å². The molecule has 0 amide bonds. The number of fused-ring (bicyclic) bond motifs is 4. The molecule has 0 spiro atoms. The Labute approximate surface area is 339 Å². The van der Waals surface area contributed by atoms with Gasteiger partial charge in [0.15, 0.2) is 17.5 Å². The quantitative estimate of drug-likeness (QED) is 0.165. The van der Waals surface area contributed by atoms with Gasteiger partial charge in [-0.15, -0.1) is 0 Å². The Morgan fingerprint density at radius 2 is 0.877 bits per heavy atom. The van der Waals surface area contributed by atoms with E-state index in [4.69, 9.17) is 15.0 Å². The Kier molecular flexibility index (Phi) is 9.85. The van der Waals surface area contributed by atoms with Gasteiger partial charge in [0.05, 0.1) is 23.3 Å². The first kappa shape index (κ1) is 37.4. The largest absolute Gasteiger partial charge is 0.208 e. The number of nitrogens with zero attached hydrogens (tertiary/aromatic N) is 5. The molecule has 3 unspecified atom stereocenters. The second kappa shape index (κ2) is 15.0. The van der Waals surface area contributed by atoms with Crippen LogP contribution >= 0.6 is 0 Å². The fourth-order valence-corrected chi connectivity index (χ4v) is 12.7. The van der Waals surface area contributed by atoms with E-state index < -0.39 is 0 Å². The standard InChI is InChI=1S/C52H55N5/c1-5-36-21-38-20-35(4)27-52(28-36,30-38)47-16-12-44(13-17-47)50-56-48(42-8-6-41(7-9-42)45-23-39(31-53)22-40(24-45)32-54)55-49(57-50)43-10-14-46(15-11-43)51-25-33(2)18-37(29-51)19-34(3)26-51/h6-17,22-24,33-38H,5,18-21,25-30H2,1-4H3/t33-,34?,35+,36-,37-,38+,51?,52?/m0/s1. The first-order valence-corrected chi connectivity index (χ1v) is 21.7. The van der Waals surface area contributed by atoms with Crippen LogP contribution in [0.2, 0.25) is 0 Å². The molecule has 288 valence electrons. The molecule has 0 radical (unpaired) electrons. The Bertz CT molecular complexity index is 2290. The molecule has 0 saturated heterocycles. The number of rotatable bonds is 7. The lowest BCUT2D eigenvalue weighted by Crippen LogP contribution is -2.42. The fourth-order valence-electron chi connectivity index (χ4n) is 12.7. The summed E-state index contributed by atoms with van der Waals surface area (Å²) in [5.41, 5.74) is 9.09. The smallest absolute Gasteiger partial charge is 0.164 e. The van der Waals surface area contributed by atoms with Crippen LogP contribution in [0.1, 0.15) is 121 Å². The summed E-state index contributed by atoms with van der Waals surface area (Å²) in [6, 6.07) is 36.2. The second-order valence-electron chi connectivity index (χ2n) is 19.1. The van der Waals surface area contributed by atoms with E-state index in [1.807, 2.05) is 36.4 Å². The van der Waals surface area contributed by atoms with Crippen molar-refractivity contribution in [3.8, 4) is 57.4 Å². The highest BCUT2D eigenvalue weighted by Crippen LogP contribution is 2.56. The van der Waals surface area contributed by atoms with Crippen LogP contribution in [0, 0.1) is 58.2 Å². The average molecular weight is 750 g/mol. The third-order valence-corrected chi connectivity index (χ3v) is 14.5. The molecule has 8 atom stereocenters. The Morgan fingerprint density at radius 3 is 1.30 bits per heavy atom. The Hall–Kier alpha value is -5.13. The molecule has 5 heteroatoms. The molecule has 9 rings (SSSR count). The van der Waals surface area contributed by atoms with Crippen LogP contribution in [0.4, 0.5) is 0 Å². The van der Waals surface area contributed by atoms with Crippen LogP contribution in [0.25, 0.3) is 45.3 Å². The van der Waals surface area contributed by atoms with Gasteiger partial charge in [-0.25, -0.2) is 15.0 Å². The Morgan fingerprint density at radius 1 is 0.491 bits per heavy atom. The van der Waals surface area contributed by atoms with E-state index in [0.29, 0.717) is 28.6 Å². The van der Waals surface area contributed by atoms with Crippen LogP contribution in [0.3, 0.4) is 0 Å². The predicted molar refractivity (Wildman–Crippen MR) is 229 cm³/mol. The van der Waals surface area contributed by atoms with E-state index in [-0.39, 0.29) is 10.8 Å². The minimum Gasteiger partial charge on any atom is -0.208 e. The number of benzene rings is 4.